The van der Waals surface area contributed by atoms with Crippen molar-refractivity contribution in [3.8, 4) is 22.8 Å². The maximum Gasteiger partial charge on any atom is 0.258 e. The first-order chi connectivity index (χ1) is 12.7. The summed E-state index contributed by atoms with van der Waals surface area (Å²) in [5.74, 6) is 0.759. The predicted molar refractivity (Wildman–Crippen MR) is 100.0 cm³/mol. The molecular weight excluding hydrogens is 348 g/mol. The number of anilines is 1. The Morgan fingerprint density at radius 3 is 2.58 bits per heavy atom. The standard InChI is InChI=1S/C19H14N4O2S/c1-12-22-23-19(26-12)21-17(24)14-9-5-6-10-15(14)18-20-11-16(25-18)13-7-3-2-4-8-13/h2-11H,1H3,(H,21,23,24). The van der Waals surface area contributed by atoms with Gasteiger partial charge in [-0.05, 0) is 19.1 Å². The lowest BCUT2D eigenvalue weighted by Crippen LogP contribution is -2.13. The molecule has 2 aromatic heterocycles. The smallest absolute Gasteiger partial charge is 0.258 e. The van der Waals surface area contributed by atoms with Crippen molar-refractivity contribution in [1.29, 1.82) is 0 Å². The van der Waals surface area contributed by atoms with Crippen LogP contribution in [0.3, 0.4) is 0 Å². The van der Waals surface area contributed by atoms with Gasteiger partial charge in [0.25, 0.3) is 5.91 Å². The summed E-state index contributed by atoms with van der Waals surface area (Å²) in [5.41, 5.74) is 2.01. The Kier molecular flexibility index (Phi) is 4.28. The highest BCUT2D eigenvalue weighted by molar-refractivity contribution is 7.15. The molecule has 0 radical (unpaired) electrons. The summed E-state index contributed by atoms with van der Waals surface area (Å²) in [4.78, 5) is 17.0. The van der Waals surface area contributed by atoms with Crippen molar-refractivity contribution in [2.45, 2.75) is 6.92 Å². The summed E-state index contributed by atoms with van der Waals surface area (Å²) >= 11 is 1.32. The third-order valence-corrected chi connectivity index (χ3v) is 4.47. The second-order valence-electron chi connectivity index (χ2n) is 5.52. The lowest BCUT2D eigenvalue weighted by atomic mass is 10.1. The van der Waals surface area contributed by atoms with E-state index in [1.165, 1.54) is 11.3 Å². The van der Waals surface area contributed by atoms with Crippen LogP contribution in [-0.4, -0.2) is 21.1 Å². The van der Waals surface area contributed by atoms with Crippen LogP contribution in [0.2, 0.25) is 0 Å². The van der Waals surface area contributed by atoms with E-state index in [2.05, 4.69) is 20.5 Å². The zero-order chi connectivity index (χ0) is 17.9. The van der Waals surface area contributed by atoms with E-state index >= 15 is 0 Å². The largest absolute Gasteiger partial charge is 0.436 e. The van der Waals surface area contributed by atoms with E-state index in [-0.39, 0.29) is 5.91 Å². The predicted octanol–water partition coefficient (Wildman–Crippen LogP) is 4.42. The number of amides is 1. The van der Waals surface area contributed by atoms with Crippen molar-refractivity contribution in [1.82, 2.24) is 15.2 Å². The van der Waals surface area contributed by atoms with E-state index in [0.717, 1.165) is 10.6 Å². The fourth-order valence-electron chi connectivity index (χ4n) is 2.51. The van der Waals surface area contributed by atoms with Crippen molar-refractivity contribution in [3.05, 3.63) is 71.4 Å². The van der Waals surface area contributed by atoms with Gasteiger partial charge in [0.15, 0.2) is 5.76 Å². The Morgan fingerprint density at radius 1 is 1.04 bits per heavy atom. The molecule has 2 aromatic carbocycles. The molecule has 0 fully saturated rings. The second-order valence-corrected chi connectivity index (χ2v) is 6.70. The SMILES string of the molecule is Cc1nnc(NC(=O)c2ccccc2-c2ncc(-c3ccccc3)o2)s1. The Hall–Kier alpha value is -3.32. The molecule has 0 aliphatic carbocycles. The molecule has 0 saturated carbocycles. The normalized spacial score (nSPS) is 10.7. The molecule has 128 valence electrons. The van der Waals surface area contributed by atoms with E-state index in [1.807, 2.05) is 43.3 Å². The number of oxazole rings is 1. The van der Waals surface area contributed by atoms with Gasteiger partial charge in [0.2, 0.25) is 11.0 Å². The molecule has 0 unspecified atom stereocenters. The van der Waals surface area contributed by atoms with Gasteiger partial charge in [0, 0.05) is 11.1 Å². The van der Waals surface area contributed by atoms with Crippen LogP contribution in [0.4, 0.5) is 5.13 Å². The van der Waals surface area contributed by atoms with Gasteiger partial charge in [-0.2, -0.15) is 0 Å². The first-order valence-electron chi connectivity index (χ1n) is 7.93. The molecule has 6 nitrogen and oxygen atoms in total. The topological polar surface area (TPSA) is 80.9 Å². The van der Waals surface area contributed by atoms with E-state index in [9.17, 15) is 4.79 Å². The maximum atomic E-state index is 12.7. The van der Waals surface area contributed by atoms with E-state index in [1.54, 1.807) is 24.4 Å². The minimum atomic E-state index is -0.281. The third-order valence-electron chi connectivity index (χ3n) is 3.71. The summed E-state index contributed by atoms with van der Waals surface area (Å²) < 4.78 is 5.88. The van der Waals surface area contributed by atoms with Crippen molar-refractivity contribution in [3.63, 3.8) is 0 Å². The van der Waals surface area contributed by atoms with Crippen LogP contribution in [0.1, 0.15) is 15.4 Å². The number of carbonyl (C=O) groups excluding carboxylic acids is 1. The number of hydrogen-bond acceptors (Lipinski definition) is 6. The molecule has 0 spiro atoms. The van der Waals surface area contributed by atoms with Crippen molar-refractivity contribution >= 4 is 22.4 Å². The fourth-order valence-corrected chi connectivity index (χ4v) is 3.10. The average molecular weight is 362 g/mol. The number of hydrogen-bond donors (Lipinski definition) is 1. The molecule has 26 heavy (non-hydrogen) atoms. The second kappa shape index (κ2) is 6.89. The molecule has 0 aliphatic rings. The van der Waals surface area contributed by atoms with Crippen LogP contribution in [0, 0.1) is 6.92 Å². The van der Waals surface area contributed by atoms with Gasteiger partial charge in [-0.25, -0.2) is 4.98 Å². The highest BCUT2D eigenvalue weighted by atomic mass is 32.1. The number of aromatic nitrogens is 3. The van der Waals surface area contributed by atoms with Crippen molar-refractivity contribution < 1.29 is 9.21 Å². The van der Waals surface area contributed by atoms with Crippen LogP contribution >= 0.6 is 11.3 Å². The first-order valence-corrected chi connectivity index (χ1v) is 8.74. The molecule has 4 rings (SSSR count). The zero-order valence-electron chi connectivity index (χ0n) is 13.8. The van der Waals surface area contributed by atoms with Crippen LogP contribution in [-0.2, 0) is 0 Å². The van der Waals surface area contributed by atoms with Crippen LogP contribution < -0.4 is 5.32 Å². The molecular formula is C19H14N4O2S. The Morgan fingerprint density at radius 2 is 1.81 bits per heavy atom. The van der Waals surface area contributed by atoms with Gasteiger partial charge < -0.3 is 4.42 Å². The molecule has 0 bridgehead atoms. The van der Waals surface area contributed by atoms with Gasteiger partial charge in [-0.3, -0.25) is 10.1 Å². The van der Waals surface area contributed by atoms with Gasteiger partial charge in [-0.1, -0.05) is 53.8 Å². The molecule has 0 saturated heterocycles. The minimum Gasteiger partial charge on any atom is -0.436 e. The highest BCUT2D eigenvalue weighted by Crippen LogP contribution is 2.28. The summed E-state index contributed by atoms with van der Waals surface area (Å²) in [7, 11) is 0. The number of nitrogens with zero attached hydrogens (tertiary/aromatic N) is 3. The Labute approximate surface area is 153 Å². The number of rotatable bonds is 4. The fraction of sp³-hybridized carbons (Fsp3) is 0.0526. The van der Waals surface area contributed by atoms with Gasteiger partial charge in [0.1, 0.15) is 5.01 Å². The van der Waals surface area contributed by atoms with Crippen LogP contribution in [0.15, 0.2) is 65.2 Å². The van der Waals surface area contributed by atoms with Crippen LogP contribution in [0.5, 0.6) is 0 Å². The quantitative estimate of drug-likeness (QED) is 0.581. The zero-order valence-corrected chi connectivity index (χ0v) is 14.7. The number of nitrogens with one attached hydrogen (secondary N) is 1. The Balaban J connectivity index is 1.66. The van der Waals surface area contributed by atoms with E-state index in [0.29, 0.717) is 27.9 Å². The van der Waals surface area contributed by atoms with E-state index < -0.39 is 0 Å². The van der Waals surface area contributed by atoms with Crippen LogP contribution in [0.25, 0.3) is 22.8 Å². The lowest BCUT2D eigenvalue weighted by Gasteiger charge is -2.05. The van der Waals surface area contributed by atoms with Gasteiger partial charge in [0.05, 0.1) is 11.8 Å². The first kappa shape index (κ1) is 16.2. The summed E-state index contributed by atoms with van der Waals surface area (Å²) in [6, 6.07) is 16.9. The monoisotopic (exact) mass is 362 g/mol. The molecule has 7 heteroatoms. The maximum absolute atomic E-state index is 12.7. The van der Waals surface area contributed by atoms with Crippen molar-refractivity contribution in [2.24, 2.45) is 0 Å². The average Bonchev–Trinajstić information content (AvgIpc) is 3.32. The molecule has 2 heterocycles. The molecule has 0 aliphatic heterocycles. The molecule has 1 N–H and O–H groups in total. The third kappa shape index (κ3) is 3.25. The summed E-state index contributed by atoms with van der Waals surface area (Å²) in [5, 5.41) is 11.8. The molecule has 0 atom stereocenters. The highest BCUT2D eigenvalue weighted by Gasteiger charge is 2.18. The van der Waals surface area contributed by atoms with E-state index in [4.69, 9.17) is 4.42 Å². The van der Waals surface area contributed by atoms with Crippen molar-refractivity contribution in [2.75, 3.05) is 5.32 Å². The minimum absolute atomic E-state index is 0.281. The van der Waals surface area contributed by atoms with Gasteiger partial charge >= 0.3 is 0 Å². The Bertz CT molecular complexity index is 1060. The summed E-state index contributed by atoms with van der Waals surface area (Å²) in [6.07, 6.45) is 1.66. The van der Waals surface area contributed by atoms with Gasteiger partial charge in [-0.15, -0.1) is 10.2 Å². The summed E-state index contributed by atoms with van der Waals surface area (Å²) in [6.45, 7) is 1.83. The number of aryl methyl sites for hydroxylation is 1. The molecule has 4 aromatic rings. The lowest BCUT2D eigenvalue weighted by molar-refractivity contribution is 0.102. The molecule has 1 amide bonds. The number of carbonyl (C=O) groups is 1. The number of benzene rings is 2.